The third kappa shape index (κ3) is 5.06. The average Bonchev–Trinajstić information content (AvgIpc) is 2.97. The molecule has 2 rings (SSSR count). The van der Waals surface area contributed by atoms with Gasteiger partial charge in [-0.25, -0.2) is 0 Å². The zero-order valence-electron chi connectivity index (χ0n) is 15.1. The van der Waals surface area contributed by atoms with E-state index in [0.29, 0.717) is 19.4 Å². The van der Waals surface area contributed by atoms with Crippen molar-refractivity contribution >= 4 is 11.8 Å². The fraction of sp³-hybridized carbons (Fsp3) is 0.579. The molecule has 1 heterocycles. The van der Waals surface area contributed by atoms with Crippen molar-refractivity contribution in [2.45, 2.75) is 31.7 Å². The third-order valence-corrected chi connectivity index (χ3v) is 4.57. The highest BCUT2D eigenvalue weighted by molar-refractivity contribution is 5.78. The van der Waals surface area contributed by atoms with E-state index in [0.717, 1.165) is 31.5 Å². The Bertz CT molecular complexity index is 545. The van der Waals surface area contributed by atoms with E-state index in [2.05, 4.69) is 17.0 Å². The van der Waals surface area contributed by atoms with Crippen molar-refractivity contribution in [3.05, 3.63) is 35.9 Å². The molecule has 0 saturated carbocycles. The molecule has 1 saturated heterocycles. The second-order valence-corrected chi connectivity index (χ2v) is 6.78. The summed E-state index contributed by atoms with van der Waals surface area (Å²) in [4.78, 5) is 30.0. The predicted octanol–water partition coefficient (Wildman–Crippen LogP) is 2.15. The quantitative estimate of drug-likeness (QED) is 0.733. The first-order valence-electron chi connectivity index (χ1n) is 8.72. The van der Waals surface area contributed by atoms with Gasteiger partial charge in [-0.15, -0.1) is 0 Å². The molecule has 2 amide bonds. The molecule has 0 bridgehead atoms. The van der Waals surface area contributed by atoms with Crippen LogP contribution in [0.25, 0.3) is 0 Å². The van der Waals surface area contributed by atoms with Gasteiger partial charge in [0.05, 0.1) is 6.04 Å². The molecule has 0 aromatic heterocycles. The van der Waals surface area contributed by atoms with Crippen LogP contribution in [0.2, 0.25) is 0 Å². The second-order valence-electron chi connectivity index (χ2n) is 6.78. The van der Waals surface area contributed by atoms with Crippen molar-refractivity contribution < 1.29 is 9.59 Å². The van der Waals surface area contributed by atoms with E-state index in [9.17, 15) is 9.59 Å². The van der Waals surface area contributed by atoms with Crippen LogP contribution in [0.15, 0.2) is 30.3 Å². The number of likely N-dealkylation sites (N-methyl/N-ethyl adjacent to an activating group) is 2. The highest BCUT2D eigenvalue weighted by atomic mass is 16.2. The number of likely N-dealkylation sites (tertiary alicyclic amines) is 1. The molecule has 1 aromatic carbocycles. The van der Waals surface area contributed by atoms with E-state index in [1.807, 2.05) is 49.1 Å². The van der Waals surface area contributed by atoms with Crippen LogP contribution < -0.4 is 0 Å². The van der Waals surface area contributed by atoms with E-state index in [-0.39, 0.29) is 17.9 Å². The Hall–Kier alpha value is -1.88. The molecule has 1 atom stereocenters. The highest BCUT2D eigenvalue weighted by Gasteiger charge is 2.23. The van der Waals surface area contributed by atoms with Crippen LogP contribution in [0.3, 0.4) is 0 Å². The summed E-state index contributed by atoms with van der Waals surface area (Å²) in [5.74, 6) is 0.364. The first-order valence-corrected chi connectivity index (χ1v) is 8.72. The van der Waals surface area contributed by atoms with Gasteiger partial charge in [-0.2, -0.15) is 0 Å². The summed E-state index contributed by atoms with van der Waals surface area (Å²) in [5.41, 5.74) is 1.15. The van der Waals surface area contributed by atoms with Gasteiger partial charge < -0.3 is 14.7 Å². The fourth-order valence-electron chi connectivity index (χ4n) is 3.18. The van der Waals surface area contributed by atoms with Crippen LogP contribution in [-0.2, 0) is 9.59 Å². The van der Waals surface area contributed by atoms with Gasteiger partial charge in [0.25, 0.3) is 0 Å². The Balaban J connectivity index is 1.91. The summed E-state index contributed by atoms with van der Waals surface area (Å²) in [6.07, 6.45) is 2.83. The van der Waals surface area contributed by atoms with Gasteiger partial charge in [0, 0.05) is 39.5 Å². The van der Waals surface area contributed by atoms with Gasteiger partial charge >= 0.3 is 0 Å². The van der Waals surface area contributed by atoms with Crippen molar-refractivity contribution in [3.8, 4) is 0 Å². The molecule has 24 heavy (non-hydrogen) atoms. The van der Waals surface area contributed by atoms with Gasteiger partial charge in [-0.1, -0.05) is 30.3 Å². The Morgan fingerprint density at radius 1 is 1.21 bits per heavy atom. The molecule has 5 heteroatoms. The molecule has 1 aliphatic heterocycles. The molecule has 1 aliphatic rings. The number of rotatable bonds is 8. The van der Waals surface area contributed by atoms with Crippen molar-refractivity contribution in [3.63, 3.8) is 0 Å². The minimum absolute atomic E-state index is 0.0436. The maximum Gasteiger partial charge on any atom is 0.222 e. The van der Waals surface area contributed by atoms with E-state index >= 15 is 0 Å². The molecular formula is C19H29N3O2. The maximum absolute atomic E-state index is 12.6. The number of hydrogen-bond acceptors (Lipinski definition) is 3. The molecule has 0 aliphatic carbocycles. The number of carbonyl (C=O) groups excluding carboxylic acids is 2. The lowest BCUT2D eigenvalue weighted by atomic mass is 10.0. The molecule has 1 unspecified atom stereocenters. The first-order chi connectivity index (χ1) is 11.5. The fourth-order valence-corrected chi connectivity index (χ4v) is 3.18. The van der Waals surface area contributed by atoms with Gasteiger partial charge in [-0.3, -0.25) is 9.59 Å². The number of nitrogens with zero attached hydrogens (tertiary/aromatic N) is 3. The standard InChI is InChI=1S/C19H29N3O2/c1-20(2)15-17(16-9-5-4-6-10-16)21(3)18(23)11-7-13-22-14-8-12-19(22)24/h4-6,9-10,17H,7-8,11-15H2,1-3H3. The first kappa shape index (κ1) is 18.5. The Labute approximate surface area is 145 Å². The van der Waals surface area contributed by atoms with Crippen LogP contribution in [0.4, 0.5) is 0 Å². The SMILES string of the molecule is CN(C)CC(c1ccccc1)N(C)C(=O)CCCN1CCCC1=O. The van der Waals surface area contributed by atoms with Crippen molar-refractivity contribution in [1.82, 2.24) is 14.7 Å². The van der Waals surface area contributed by atoms with E-state index in [1.54, 1.807) is 0 Å². The van der Waals surface area contributed by atoms with Crippen molar-refractivity contribution in [2.24, 2.45) is 0 Å². The summed E-state index contributed by atoms with van der Waals surface area (Å²) < 4.78 is 0. The lowest BCUT2D eigenvalue weighted by molar-refractivity contribution is -0.133. The lowest BCUT2D eigenvalue weighted by Gasteiger charge is -2.31. The topological polar surface area (TPSA) is 43.9 Å². The monoisotopic (exact) mass is 331 g/mol. The Morgan fingerprint density at radius 3 is 2.50 bits per heavy atom. The summed E-state index contributed by atoms with van der Waals surface area (Å²) in [7, 11) is 5.92. The van der Waals surface area contributed by atoms with Crippen LogP contribution >= 0.6 is 0 Å². The second kappa shape index (κ2) is 8.83. The summed E-state index contributed by atoms with van der Waals surface area (Å²) >= 11 is 0. The van der Waals surface area contributed by atoms with E-state index in [1.165, 1.54) is 0 Å². The van der Waals surface area contributed by atoms with Crippen molar-refractivity contribution in [1.29, 1.82) is 0 Å². The van der Waals surface area contributed by atoms with Crippen LogP contribution in [-0.4, -0.2) is 67.3 Å². The Kier molecular flexibility index (Phi) is 6.79. The van der Waals surface area contributed by atoms with Gasteiger partial charge in [0.15, 0.2) is 0 Å². The minimum Gasteiger partial charge on any atom is -0.343 e. The van der Waals surface area contributed by atoms with Gasteiger partial charge in [0.2, 0.25) is 11.8 Å². The smallest absolute Gasteiger partial charge is 0.222 e. The molecule has 5 nitrogen and oxygen atoms in total. The zero-order valence-corrected chi connectivity index (χ0v) is 15.1. The van der Waals surface area contributed by atoms with Crippen LogP contribution in [0.1, 0.15) is 37.3 Å². The number of benzene rings is 1. The molecule has 0 spiro atoms. The van der Waals surface area contributed by atoms with Crippen molar-refractivity contribution in [2.75, 3.05) is 40.8 Å². The number of amides is 2. The van der Waals surface area contributed by atoms with E-state index < -0.39 is 0 Å². The molecule has 132 valence electrons. The Morgan fingerprint density at radius 2 is 1.92 bits per heavy atom. The average molecular weight is 331 g/mol. The summed E-state index contributed by atoms with van der Waals surface area (Å²) in [5, 5.41) is 0. The van der Waals surface area contributed by atoms with Gasteiger partial charge in [0.1, 0.15) is 0 Å². The number of carbonyl (C=O) groups is 2. The highest BCUT2D eigenvalue weighted by Crippen LogP contribution is 2.21. The molecule has 1 fully saturated rings. The van der Waals surface area contributed by atoms with Crippen LogP contribution in [0, 0.1) is 0 Å². The third-order valence-electron chi connectivity index (χ3n) is 4.57. The predicted molar refractivity (Wildman–Crippen MR) is 95.6 cm³/mol. The maximum atomic E-state index is 12.6. The largest absolute Gasteiger partial charge is 0.343 e. The minimum atomic E-state index is 0.0436. The summed E-state index contributed by atoms with van der Waals surface area (Å²) in [6, 6.07) is 10.2. The lowest BCUT2D eigenvalue weighted by Crippen LogP contribution is -2.37. The van der Waals surface area contributed by atoms with Gasteiger partial charge in [-0.05, 0) is 32.5 Å². The molecule has 0 N–H and O–H groups in total. The van der Waals surface area contributed by atoms with Crippen LogP contribution in [0.5, 0.6) is 0 Å². The molecular weight excluding hydrogens is 302 g/mol. The number of hydrogen-bond donors (Lipinski definition) is 0. The zero-order chi connectivity index (χ0) is 17.5. The van der Waals surface area contributed by atoms with E-state index in [4.69, 9.17) is 0 Å². The molecule has 1 aromatic rings. The molecule has 0 radical (unpaired) electrons. The normalized spacial score (nSPS) is 15.8. The summed E-state index contributed by atoms with van der Waals surface area (Å²) in [6.45, 7) is 2.33.